The molecule has 4 nitrogen and oxygen atoms in total. The monoisotopic (exact) mass is 272 g/mol. The lowest BCUT2D eigenvalue weighted by Gasteiger charge is -2.27. The highest BCUT2D eigenvalue weighted by atomic mass is 32.2. The number of sulfone groups is 1. The number of hydrogen-bond donors (Lipinski definition) is 1. The summed E-state index contributed by atoms with van der Waals surface area (Å²) in [5.74, 6) is 0. The van der Waals surface area contributed by atoms with Gasteiger partial charge in [-0.05, 0) is 38.6 Å². The van der Waals surface area contributed by atoms with Gasteiger partial charge in [-0.1, -0.05) is 6.42 Å². The van der Waals surface area contributed by atoms with Gasteiger partial charge in [-0.15, -0.1) is 0 Å². The predicted octanol–water partition coefficient (Wildman–Crippen LogP) is 0.778. The van der Waals surface area contributed by atoms with Crippen molar-refractivity contribution in [3.63, 3.8) is 0 Å². The van der Waals surface area contributed by atoms with Crippen LogP contribution in [0.1, 0.15) is 38.5 Å². The van der Waals surface area contributed by atoms with E-state index in [9.17, 15) is 8.42 Å². The Morgan fingerprint density at radius 1 is 1.00 bits per heavy atom. The summed E-state index contributed by atoms with van der Waals surface area (Å²) in [6, 6.07) is 1.40. The quantitative estimate of drug-likeness (QED) is 0.825. The third kappa shape index (κ3) is 2.32. The van der Waals surface area contributed by atoms with Crippen LogP contribution in [0, 0.1) is 0 Å². The van der Waals surface area contributed by atoms with Crippen LogP contribution in [-0.4, -0.2) is 56.0 Å². The van der Waals surface area contributed by atoms with Crippen LogP contribution in [0.15, 0.2) is 0 Å². The molecule has 3 aliphatic rings. The molecule has 4 unspecified atom stereocenters. The molecule has 4 atom stereocenters. The predicted molar refractivity (Wildman–Crippen MR) is 72.4 cm³/mol. The van der Waals surface area contributed by atoms with Crippen molar-refractivity contribution in [3.8, 4) is 0 Å². The van der Waals surface area contributed by atoms with Gasteiger partial charge < -0.3 is 5.32 Å². The Labute approximate surface area is 110 Å². The van der Waals surface area contributed by atoms with Crippen LogP contribution in [0.25, 0.3) is 0 Å². The van der Waals surface area contributed by atoms with E-state index >= 15 is 0 Å². The maximum atomic E-state index is 11.8. The van der Waals surface area contributed by atoms with Gasteiger partial charge >= 0.3 is 0 Å². The Balaban J connectivity index is 1.66. The van der Waals surface area contributed by atoms with Gasteiger partial charge in [-0.3, -0.25) is 4.90 Å². The van der Waals surface area contributed by atoms with Gasteiger partial charge in [0, 0.05) is 30.9 Å². The van der Waals surface area contributed by atoms with Crippen molar-refractivity contribution >= 4 is 9.84 Å². The summed E-state index contributed by atoms with van der Waals surface area (Å²) < 4.78 is 23.6. The van der Waals surface area contributed by atoms with E-state index < -0.39 is 9.84 Å². The van der Waals surface area contributed by atoms with Gasteiger partial charge in [0.2, 0.25) is 0 Å². The topological polar surface area (TPSA) is 49.4 Å². The van der Waals surface area contributed by atoms with E-state index in [0.717, 1.165) is 19.3 Å². The van der Waals surface area contributed by atoms with Crippen molar-refractivity contribution in [1.29, 1.82) is 0 Å². The van der Waals surface area contributed by atoms with Crippen molar-refractivity contribution in [2.75, 3.05) is 19.3 Å². The van der Waals surface area contributed by atoms with Gasteiger partial charge in [0.15, 0.2) is 9.84 Å². The first-order chi connectivity index (χ1) is 8.55. The molecule has 1 aliphatic carbocycles. The highest BCUT2D eigenvalue weighted by molar-refractivity contribution is 7.91. The summed E-state index contributed by atoms with van der Waals surface area (Å²) in [5.41, 5.74) is 0. The zero-order valence-electron chi connectivity index (χ0n) is 11.1. The summed E-state index contributed by atoms with van der Waals surface area (Å²) in [6.07, 6.45) is 8.11. The van der Waals surface area contributed by atoms with E-state index in [4.69, 9.17) is 0 Å². The van der Waals surface area contributed by atoms with E-state index in [1.54, 1.807) is 0 Å². The summed E-state index contributed by atoms with van der Waals surface area (Å²) in [7, 11) is -2.89. The molecule has 18 heavy (non-hydrogen) atoms. The molecule has 0 aromatic carbocycles. The molecule has 2 aliphatic heterocycles. The average molecular weight is 272 g/mol. The van der Waals surface area contributed by atoms with Crippen molar-refractivity contribution in [1.82, 2.24) is 10.2 Å². The fourth-order valence-corrected chi connectivity index (χ4v) is 5.59. The van der Waals surface area contributed by atoms with E-state index in [2.05, 4.69) is 10.2 Å². The molecule has 0 spiro atoms. The lowest BCUT2D eigenvalue weighted by Crippen LogP contribution is -2.49. The molecule has 0 aromatic rings. The van der Waals surface area contributed by atoms with Gasteiger partial charge in [0.05, 0.1) is 5.25 Å². The molecule has 0 radical (unpaired) electrons. The van der Waals surface area contributed by atoms with Crippen molar-refractivity contribution in [2.24, 2.45) is 0 Å². The van der Waals surface area contributed by atoms with Crippen molar-refractivity contribution < 1.29 is 8.42 Å². The molecule has 0 amide bonds. The third-order valence-corrected chi connectivity index (χ3v) is 6.70. The molecule has 3 fully saturated rings. The minimum absolute atomic E-state index is 0.145. The first-order valence-electron chi connectivity index (χ1n) is 7.24. The number of hydrogen-bond acceptors (Lipinski definition) is 4. The first-order valence-corrected chi connectivity index (χ1v) is 9.20. The molecule has 0 aromatic heterocycles. The minimum Gasteiger partial charge on any atom is -0.308 e. The van der Waals surface area contributed by atoms with Gasteiger partial charge in [-0.2, -0.15) is 0 Å². The molecule has 5 heteroatoms. The molecule has 2 heterocycles. The smallest absolute Gasteiger partial charge is 0.151 e. The zero-order valence-corrected chi connectivity index (χ0v) is 12.0. The van der Waals surface area contributed by atoms with Crippen LogP contribution in [0.5, 0.6) is 0 Å². The lowest BCUT2D eigenvalue weighted by atomic mass is 10.0. The number of nitrogens with one attached hydrogen (secondary N) is 1. The normalized spacial score (nSPS) is 41.4. The van der Waals surface area contributed by atoms with Crippen LogP contribution in [-0.2, 0) is 9.84 Å². The Kier molecular flexibility index (Phi) is 3.41. The Hall–Kier alpha value is -0.130. The first kappa shape index (κ1) is 12.9. The largest absolute Gasteiger partial charge is 0.308 e. The summed E-state index contributed by atoms with van der Waals surface area (Å²) in [5, 5.41) is 3.54. The second-order valence-electron chi connectivity index (χ2n) is 6.21. The number of rotatable bonds is 3. The molecule has 104 valence electrons. The van der Waals surface area contributed by atoms with Crippen LogP contribution in [0.4, 0.5) is 0 Å². The molecule has 2 saturated heterocycles. The van der Waals surface area contributed by atoms with Crippen LogP contribution in [0.3, 0.4) is 0 Å². The molecule has 3 rings (SSSR count). The van der Waals surface area contributed by atoms with E-state index in [0.29, 0.717) is 12.1 Å². The molecule has 1 saturated carbocycles. The molecule has 1 N–H and O–H groups in total. The summed E-state index contributed by atoms with van der Waals surface area (Å²) in [6.45, 7) is 2.43. The maximum absolute atomic E-state index is 11.8. The highest BCUT2D eigenvalue weighted by Crippen LogP contribution is 2.31. The summed E-state index contributed by atoms with van der Waals surface area (Å²) >= 11 is 0. The van der Waals surface area contributed by atoms with Crippen LogP contribution in [0.2, 0.25) is 0 Å². The van der Waals surface area contributed by atoms with Gasteiger partial charge in [0.25, 0.3) is 0 Å². The fourth-order valence-electron chi connectivity index (χ4n) is 4.18. The Morgan fingerprint density at radius 3 is 2.61 bits per heavy atom. The summed E-state index contributed by atoms with van der Waals surface area (Å²) in [4.78, 5) is 2.57. The van der Waals surface area contributed by atoms with Gasteiger partial charge in [-0.25, -0.2) is 8.42 Å². The SMILES string of the molecule is CS(=O)(=O)C1CCCC1NC1CCN2CCCC12. The Morgan fingerprint density at radius 2 is 1.83 bits per heavy atom. The van der Waals surface area contributed by atoms with E-state index in [1.807, 2.05) is 0 Å². The van der Waals surface area contributed by atoms with E-state index in [-0.39, 0.29) is 11.3 Å². The zero-order chi connectivity index (χ0) is 12.8. The molecular weight excluding hydrogens is 248 g/mol. The van der Waals surface area contributed by atoms with Crippen LogP contribution < -0.4 is 5.32 Å². The highest BCUT2D eigenvalue weighted by Gasteiger charge is 2.41. The second-order valence-corrected chi connectivity index (χ2v) is 8.48. The lowest BCUT2D eigenvalue weighted by molar-refractivity contribution is 0.288. The standard InChI is InChI=1S/C13H24N2O2S/c1-18(16,17)13-6-2-4-11(13)14-10-7-9-15-8-3-5-12(10)15/h10-14H,2-9H2,1H3. The van der Waals surface area contributed by atoms with Crippen LogP contribution >= 0.6 is 0 Å². The maximum Gasteiger partial charge on any atom is 0.151 e. The molecule has 0 bridgehead atoms. The number of fused-ring (bicyclic) bond motifs is 1. The van der Waals surface area contributed by atoms with Gasteiger partial charge in [0.1, 0.15) is 0 Å². The minimum atomic E-state index is -2.89. The Bertz CT molecular complexity index is 409. The molecular formula is C13H24N2O2S. The average Bonchev–Trinajstić information content (AvgIpc) is 2.95. The fraction of sp³-hybridized carbons (Fsp3) is 1.00. The van der Waals surface area contributed by atoms with Crippen molar-refractivity contribution in [2.45, 2.75) is 61.9 Å². The van der Waals surface area contributed by atoms with E-state index in [1.165, 1.54) is 38.6 Å². The number of nitrogens with zero attached hydrogens (tertiary/aromatic N) is 1. The third-order valence-electron chi connectivity index (χ3n) is 5.04. The second kappa shape index (κ2) is 4.76. The van der Waals surface area contributed by atoms with Crippen molar-refractivity contribution in [3.05, 3.63) is 0 Å².